The van der Waals surface area contributed by atoms with Gasteiger partial charge in [-0.1, -0.05) is 0 Å². The van der Waals surface area contributed by atoms with Crippen molar-refractivity contribution < 1.29 is 4.79 Å². The summed E-state index contributed by atoms with van der Waals surface area (Å²) in [4.78, 5) is 18.1. The number of nitrogens with one attached hydrogen (secondary N) is 1. The van der Waals surface area contributed by atoms with Crippen LogP contribution in [0.1, 0.15) is 18.2 Å². The van der Waals surface area contributed by atoms with Crippen molar-refractivity contribution in [2.24, 2.45) is 5.73 Å². The number of carbonyl (C=O) groups excluding carboxylic acids is 1. The monoisotopic (exact) mass is 234 g/mol. The zero-order valence-corrected chi connectivity index (χ0v) is 10.2. The van der Waals surface area contributed by atoms with E-state index >= 15 is 0 Å². The number of aryl methyl sites for hydroxylation is 1. The maximum atomic E-state index is 11.6. The van der Waals surface area contributed by atoms with Crippen LogP contribution in [-0.4, -0.2) is 30.0 Å². The molecule has 1 amide bonds. The lowest BCUT2D eigenvalue weighted by atomic mass is 10.1. The van der Waals surface area contributed by atoms with Crippen molar-refractivity contribution in [3.8, 4) is 0 Å². The summed E-state index contributed by atoms with van der Waals surface area (Å²) in [6.07, 6.45) is 0. The highest BCUT2D eigenvalue weighted by molar-refractivity contribution is 5.85. The number of carbonyl (C=O) groups is 1. The number of aromatic nitrogens is 1. The van der Waals surface area contributed by atoms with Crippen LogP contribution in [0, 0.1) is 6.92 Å². The second-order valence-electron chi connectivity index (χ2n) is 4.34. The molecule has 5 nitrogen and oxygen atoms in total. The van der Waals surface area contributed by atoms with Crippen LogP contribution in [0.25, 0.3) is 0 Å². The van der Waals surface area contributed by atoms with Gasteiger partial charge in [0.1, 0.15) is 11.9 Å². The van der Waals surface area contributed by atoms with Gasteiger partial charge in [0.05, 0.1) is 0 Å². The topological polar surface area (TPSA) is 71.2 Å². The minimum Gasteiger partial charge on any atom is -0.353 e. The Balaban J connectivity index is 2.32. The van der Waals surface area contributed by atoms with Crippen molar-refractivity contribution in [3.63, 3.8) is 0 Å². The van der Waals surface area contributed by atoms with Crippen LogP contribution in [0.4, 0.5) is 5.82 Å². The van der Waals surface area contributed by atoms with E-state index in [0.29, 0.717) is 13.1 Å². The highest BCUT2D eigenvalue weighted by Crippen LogP contribution is 2.18. The van der Waals surface area contributed by atoms with Crippen LogP contribution >= 0.6 is 0 Å². The highest BCUT2D eigenvalue weighted by Gasteiger charge is 2.26. The van der Waals surface area contributed by atoms with Gasteiger partial charge >= 0.3 is 0 Å². The molecule has 0 bridgehead atoms. The van der Waals surface area contributed by atoms with Gasteiger partial charge in [0, 0.05) is 25.3 Å². The predicted octanol–water partition coefficient (Wildman–Crippen LogP) is 0.173. The molecule has 1 unspecified atom stereocenters. The molecule has 0 saturated carbocycles. The fourth-order valence-electron chi connectivity index (χ4n) is 2.08. The van der Waals surface area contributed by atoms with Gasteiger partial charge in [-0.15, -0.1) is 0 Å². The van der Waals surface area contributed by atoms with Gasteiger partial charge in [-0.05, 0) is 31.5 Å². The first-order valence-electron chi connectivity index (χ1n) is 5.84. The summed E-state index contributed by atoms with van der Waals surface area (Å²) in [5.74, 6) is 0.890. The molecular formula is C12H18N4O. The average Bonchev–Trinajstić information content (AvgIpc) is 2.31. The van der Waals surface area contributed by atoms with E-state index in [4.69, 9.17) is 5.73 Å². The minimum absolute atomic E-state index is 0.0499. The van der Waals surface area contributed by atoms with Crippen LogP contribution in [0.2, 0.25) is 0 Å². The third kappa shape index (κ3) is 2.39. The molecule has 3 N–H and O–H groups in total. The molecule has 1 aliphatic heterocycles. The Morgan fingerprint density at radius 3 is 3.06 bits per heavy atom. The highest BCUT2D eigenvalue weighted by atomic mass is 16.2. The summed E-state index contributed by atoms with van der Waals surface area (Å²) >= 11 is 0. The summed E-state index contributed by atoms with van der Waals surface area (Å²) in [6.45, 7) is 5.77. The molecular weight excluding hydrogens is 216 g/mol. The van der Waals surface area contributed by atoms with Gasteiger partial charge in [-0.2, -0.15) is 0 Å². The number of nitrogens with two attached hydrogens (primary N) is 1. The van der Waals surface area contributed by atoms with Crippen molar-refractivity contribution in [2.45, 2.75) is 26.4 Å². The first kappa shape index (κ1) is 11.9. The molecule has 17 heavy (non-hydrogen) atoms. The van der Waals surface area contributed by atoms with Gasteiger partial charge in [-0.25, -0.2) is 4.98 Å². The number of rotatable bonds is 2. The quantitative estimate of drug-likeness (QED) is 0.765. The lowest BCUT2D eigenvalue weighted by Crippen LogP contribution is -2.54. The van der Waals surface area contributed by atoms with E-state index in [1.807, 2.05) is 30.9 Å². The Hall–Kier alpha value is -1.62. The number of amides is 1. The summed E-state index contributed by atoms with van der Waals surface area (Å²) in [5, 5.41) is 2.84. The molecule has 2 heterocycles. The Morgan fingerprint density at radius 1 is 1.59 bits per heavy atom. The Labute approximate surface area is 101 Å². The van der Waals surface area contributed by atoms with Crippen molar-refractivity contribution in [1.82, 2.24) is 10.3 Å². The lowest BCUT2D eigenvalue weighted by Gasteiger charge is -2.34. The number of pyridine rings is 1. The SMILES string of the molecule is Cc1cc(CN)cc(N2CCNC(=O)C2C)n1. The van der Waals surface area contributed by atoms with Gasteiger partial charge in [0.2, 0.25) is 5.91 Å². The molecule has 1 aromatic heterocycles. The second kappa shape index (κ2) is 4.71. The van der Waals surface area contributed by atoms with Crippen LogP contribution in [-0.2, 0) is 11.3 Å². The molecule has 0 radical (unpaired) electrons. The smallest absolute Gasteiger partial charge is 0.242 e. The normalized spacial score (nSPS) is 20.3. The van der Waals surface area contributed by atoms with E-state index in [2.05, 4.69) is 10.3 Å². The molecule has 5 heteroatoms. The fourth-order valence-corrected chi connectivity index (χ4v) is 2.08. The summed E-state index contributed by atoms with van der Waals surface area (Å²) in [6, 6.07) is 3.75. The van der Waals surface area contributed by atoms with Crippen LogP contribution in [0.3, 0.4) is 0 Å². The number of nitrogens with zero attached hydrogens (tertiary/aromatic N) is 2. The van der Waals surface area contributed by atoms with Gasteiger partial charge in [0.15, 0.2) is 0 Å². The minimum atomic E-state index is -0.177. The summed E-state index contributed by atoms with van der Waals surface area (Å²) in [5.41, 5.74) is 7.63. The Kier molecular flexibility index (Phi) is 3.28. The van der Waals surface area contributed by atoms with E-state index in [1.54, 1.807) is 0 Å². The van der Waals surface area contributed by atoms with E-state index in [-0.39, 0.29) is 11.9 Å². The average molecular weight is 234 g/mol. The largest absolute Gasteiger partial charge is 0.353 e. The van der Waals surface area contributed by atoms with Crippen LogP contribution in [0.15, 0.2) is 12.1 Å². The van der Waals surface area contributed by atoms with E-state index in [1.165, 1.54) is 0 Å². The third-order valence-electron chi connectivity index (χ3n) is 3.03. The first-order valence-corrected chi connectivity index (χ1v) is 5.84. The number of hydrogen-bond donors (Lipinski definition) is 2. The molecule has 1 fully saturated rings. The van der Waals surface area contributed by atoms with Gasteiger partial charge in [0.25, 0.3) is 0 Å². The van der Waals surface area contributed by atoms with Crippen molar-refractivity contribution in [3.05, 3.63) is 23.4 Å². The van der Waals surface area contributed by atoms with E-state index < -0.39 is 0 Å². The number of piperazine rings is 1. The Morgan fingerprint density at radius 2 is 2.35 bits per heavy atom. The molecule has 1 aliphatic rings. The Bertz CT molecular complexity index is 433. The molecule has 0 aliphatic carbocycles. The molecule has 2 rings (SSSR count). The maximum Gasteiger partial charge on any atom is 0.242 e. The fraction of sp³-hybridized carbons (Fsp3) is 0.500. The van der Waals surface area contributed by atoms with Crippen LogP contribution < -0.4 is 16.0 Å². The first-order chi connectivity index (χ1) is 8.11. The van der Waals surface area contributed by atoms with Crippen molar-refractivity contribution >= 4 is 11.7 Å². The molecule has 1 saturated heterocycles. The third-order valence-corrected chi connectivity index (χ3v) is 3.03. The number of hydrogen-bond acceptors (Lipinski definition) is 4. The zero-order valence-electron chi connectivity index (χ0n) is 10.2. The van der Waals surface area contributed by atoms with E-state index in [0.717, 1.165) is 23.6 Å². The molecule has 1 aromatic rings. The van der Waals surface area contributed by atoms with Crippen molar-refractivity contribution in [1.29, 1.82) is 0 Å². The molecule has 1 atom stereocenters. The van der Waals surface area contributed by atoms with Gasteiger partial charge in [-0.3, -0.25) is 4.79 Å². The van der Waals surface area contributed by atoms with E-state index in [9.17, 15) is 4.79 Å². The standard InChI is InChI=1S/C12H18N4O/c1-8-5-10(7-13)6-11(15-8)16-4-3-14-12(17)9(16)2/h5-6,9H,3-4,7,13H2,1-2H3,(H,14,17). The zero-order chi connectivity index (χ0) is 12.4. The van der Waals surface area contributed by atoms with Gasteiger partial charge < -0.3 is 16.0 Å². The predicted molar refractivity (Wildman–Crippen MR) is 66.7 cm³/mol. The second-order valence-corrected chi connectivity index (χ2v) is 4.34. The molecule has 0 spiro atoms. The lowest BCUT2D eigenvalue weighted by molar-refractivity contribution is -0.122. The summed E-state index contributed by atoms with van der Waals surface area (Å²) in [7, 11) is 0. The summed E-state index contributed by atoms with van der Waals surface area (Å²) < 4.78 is 0. The molecule has 0 aromatic carbocycles. The van der Waals surface area contributed by atoms with Crippen LogP contribution in [0.5, 0.6) is 0 Å². The van der Waals surface area contributed by atoms with Crippen molar-refractivity contribution in [2.75, 3.05) is 18.0 Å². The number of anilines is 1. The maximum absolute atomic E-state index is 11.6. The molecule has 92 valence electrons.